The normalized spacial score (nSPS) is 14.5. The first-order valence-electron chi connectivity index (χ1n) is 9.90. The van der Waals surface area contributed by atoms with Crippen LogP contribution in [0.15, 0.2) is 47.4 Å². The maximum atomic E-state index is 13.1. The number of sulfonamides is 1. The van der Waals surface area contributed by atoms with Gasteiger partial charge in [0.15, 0.2) is 0 Å². The summed E-state index contributed by atoms with van der Waals surface area (Å²) in [6.07, 6.45) is 4.32. The minimum absolute atomic E-state index is 0.0115. The number of methoxy groups -OCH3 is 1. The van der Waals surface area contributed by atoms with Crippen molar-refractivity contribution in [3.05, 3.63) is 53.6 Å². The molecule has 2 aromatic carbocycles. The number of hydrogen-bond donors (Lipinski definition) is 1. The van der Waals surface area contributed by atoms with Crippen molar-refractivity contribution in [1.82, 2.24) is 4.90 Å². The van der Waals surface area contributed by atoms with E-state index in [1.165, 1.54) is 25.3 Å². The van der Waals surface area contributed by atoms with Crippen LogP contribution in [-0.2, 0) is 16.4 Å². The molecule has 0 unspecified atom stereocenters. The summed E-state index contributed by atoms with van der Waals surface area (Å²) in [6, 6.07) is 13.0. The molecule has 8 heteroatoms. The molecule has 0 radical (unpaired) electrons. The predicted molar refractivity (Wildman–Crippen MR) is 114 cm³/mol. The highest BCUT2D eigenvalue weighted by Crippen LogP contribution is 2.26. The molecule has 1 fully saturated rings. The van der Waals surface area contributed by atoms with Crippen molar-refractivity contribution in [3.63, 3.8) is 0 Å². The topological polar surface area (TPSA) is 99.5 Å². The third kappa shape index (κ3) is 5.10. The van der Waals surface area contributed by atoms with Gasteiger partial charge in [-0.2, -0.15) is 5.26 Å². The SMILES string of the molecule is COc1ccc(S(=O)(=O)Nc2ccc(CC#N)cc2)cc1C(=O)N1CCCCCC1. The molecular weight excluding hydrogens is 402 g/mol. The zero-order valence-electron chi connectivity index (χ0n) is 16.9. The van der Waals surface area contributed by atoms with Crippen molar-refractivity contribution < 1.29 is 17.9 Å². The molecule has 7 nitrogen and oxygen atoms in total. The van der Waals surface area contributed by atoms with Crippen LogP contribution in [0, 0.1) is 11.3 Å². The molecule has 1 aliphatic heterocycles. The molecule has 1 heterocycles. The summed E-state index contributed by atoms with van der Waals surface area (Å²) >= 11 is 0. The Labute approximate surface area is 177 Å². The number of likely N-dealkylation sites (tertiary alicyclic amines) is 1. The number of nitriles is 1. The van der Waals surface area contributed by atoms with Gasteiger partial charge < -0.3 is 9.64 Å². The highest BCUT2D eigenvalue weighted by atomic mass is 32.2. The molecule has 30 heavy (non-hydrogen) atoms. The number of benzene rings is 2. The smallest absolute Gasteiger partial charge is 0.261 e. The van der Waals surface area contributed by atoms with Gasteiger partial charge >= 0.3 is 0 Å². The zero-order chi connectivity index (χ0) is 21.6. The van der Waals surface area contributed by atoms with Gasteiger partial charge in [-0.3, -0.25) is 9.52 Å². The molecule has 1 aliphatic rings. The number of anilines is 1. The van der Waals surface area contributed by atoms with E-state index in [1.807, 2.05) is 6.07 Å². The molecule has 0 saturated carbocycles. The summed E-state index contributed by atoms with van der Waals surface area (Å²) in [4.78, 5) is 14.8. The summed E-state index contributed by atoms with van der Waals surface area (Å²) in [5, 5.41) is 8.74. The monoisotopic (exact) mass is 427 g/mol. The van der Waals surface area contributed by atoms with Crippen LogP contribution in [0.5, 0.6) is 5.75 Å². The van der Waals surface area contributed by atoms with Crippen LogP contribution in [-0.4, -0.2) is 39.4 Å². The van der Waals surface area contributed by atoms with Gasteiger partial charge in [-0.15, -0.1) is 0 Å². The minimum atomic E-state index is -3.90. The molecule has 2 aromatic rings. The Morgan fingerprint density at radius 1 is 1.10 bits per heavy atom. The van der Waals surface area contributed by atoms with Gasteiger partial charge in [-0.05, 0) is 48.7 Å². The molecule has 1 N–H and O–H groups in total. The number of nitrogens with one attached hydrogen (secondary N) is 1. The van der Waals surface area contributed by atoms with Gasteiger partial charge in [0.05, 0.1) is 30.1 Å². The quantitative estimate of drug-likeness (QED) is 0.760. The number of ether oxygens (including phenoxy) is 1. The third-order valence-electron chi connectivity index (χ3n) is 5.09. The first-order valence-corrected chi connectivity index (χ1v) is 11.4. The van der Waals surface area contributed by atoms with Crippen molar-refractivity contribution >= 4 is 21.6 Å². The Bertz CT molecular complexity index is 1040. The van der Waals surface area contributed by atoms with Crippen molar-refractivity contribution in [2.75, 3.05) is 24.9 Å². The van der Waals surface area contributed by atoms with Gasteiger partial charge in [0, 0.05) is 18.8 Å². The Kier molecular flexibility index (Phi) is 6.95. The third-order valence-corrected chi connectivity index (χ3v) is 6.47. The van der Waals surface area contributed by atoms with Crippen LogP contribution in [0.25, 0.3) is 0 Å². The average Bonchev–Trinajstić information content (AvgIpc) is 3.04. The number of nitrogens with zero attached hydrogens (tertiary/aromatic N) is 2. The van der Waals surface area contributed by atoms with Crippen LogP contribution < -0.4 is 9.46 Å². The molecule has 0 aliphatic carbocycles. The predicted octanol–water partition coefficient (Wildman–Crippen LogP) is 3.58. The molecule has 1 saturated heterocycles. The molecule has 0 bridgehead atoms. The first-order chi connectivity index (χ1) is 14.4. The van der Waals surface area contributed by atoms with E-state index in [0.717, 1.165) is 31.2 Å². The fraction of sp³-hybridized carbons (Fsp3) is 0.364. The van der Waals surface area contributed by atoms with Crippen LogP contribution in [0.4, 0.5) is 5.69 Å². The van der Waals surface area contributed by atoms with Crippen LogP contribution in [0.3, 0.4) is 0 Å². The second kappa shape index (κ2) is 9.63. The van der Waals surface area contributed by atoms with Crippen molar-refractivity contribution in [2.45, 2.75) is 37.0 Å². The van der Waals surface area contributed by atoms with Gasteiger partial charge in [0.2, 0.25) is 0 Å². The number of rotatable bonds is 6. The lowest BCUT2D eigenvalue weighted by atomic mass is 10.1. The van der Waals surface area contributed by atoms with Crippen LogP contribution >= 0.6 is 0 Å². The lowest BCUT2D eigenvalue weighted by molar-refractivity contribution is 0.0758. The average molecular weight is 428 g/mol. The standard InChI is InChI=1S/C22H25N3O4S/c1-29-21-11-10-19(16-20(21)22(26)25-14-4-2-3-5-15-25)30(27,28)24-18-8-6-17(7-9-18)12-13-23/h6-11,16,24H,2-5,12,14-15H2,1H3. The van der Waals surface area contributed by atoms with Gasteiger partial charge in [-0.1, -0.05) is 25.0 Å². The largest absolute Gasteiger partial charge is 0.496 e. The van der Waals surface area contributed by atoms with E-state index in [1.54, 1.807) is 29.2 Å². The second-order valence-corrected chi connectivity index (χ2v) is 8.89. The summed E-state index contributed by atoms with van der Waals surface area (Å²) < 4.78 is 33.6. The van der Waals surface area contributed by atoms with E-state index in [9.17, 15) is 13.2 Å². The minimum Gasteiger partial charge on any atom is -0.496 e. The number of carbonyl (C=O) groups is 1. The lowest BCUT2D eigenvalue weighted by Crippen LogP contribution is -2.32. The fourth-order valence-corrected chi connectivity index (χ4v) is 4.55. The maximum absolute atomic E-state index is 13.1. The Hall–Kier alpha value is -3.05. The van der Waals surface area contributed by atoms with Gasteiger partial charge in [0.1, 0.15) is 5.75 Å². The number of carbonyl (C=O) groups excluding carboxylic acids is 1. The fourth-order valence-electron chi connectivity index (χ4n) is 3.46. The van der Waals surface area contributed by atoms with E-state index < -0.39 is 10.0 Å². The number of amides is 1. The summed E-state index contributed by atoms with van der Waals surface area (Å²) in [5.41, 5.74) is 1.43. The van der Waals surface area contributed by atoms with Crippen molar-refractivity contribution in [3.8, 4) is 11.8 Å². The molecule has 158 valence electrons. The van der Waals surface area contributed by atoms with E-state index in [0.29, 0.717) is 24.5 Å². The molecule has 3 rings (SSSR count). The number of hydrogen-bond acceptors (Lipinski definition) is 5. The highest BCUT2D eigenvalue weighted by Gasteiger charge is 2.24. The molecule has 1 amide bonds. The van der Waals surface area contributed by atoms with E-state index >= 15 is 0 Å². The zero-order valence-corrected chi connectivity index (χ0v) is 17.7. The molecular formula is C22H25N3O4S. The van der Waals surface area contributed by atoms with Gasteiger partial charge in [-0.25, -0.2) is 8.42 Å². The highest BCUT2D eigenvalue weighted by molar-refractivity contribution is 7.92. The Morgan fingerprint density at radius 3 is 2.37 bits per heavy atom. The molecule has 0 aromatic heterocycles. The van der Waals surface area contributed by atoms with Crippen LogP contribution in [0.1, 0.15) is 41.6 Å². The summed E-state index contributed by atoms with van der Waals surface area (Å²) in [5.74, 6) is 0.135. The van der Waals surface area contributed by atoms with Crippen molar-refractivity contribution in [2.24, 2.45) is 0 Å². The second-order valence-electron chi connectivity index (χ2n) is 7.21. The van der Waals surface area contributed by atoms with E-state index in [4.69, 9.17) is 10.00 Å². The Morgan fingerprint density at radius 2 is 1.77 bits per heavy atom. The van der Waals surface area contributed by atoms with Crippen LogP contribution in [0.2, 0.25) is 0 Å². The van der Waals surface area contributed by atoms with Crippen molar-refractivity contribution in [1.29, 1.82) is 5.26 Å². The summed E-state index contributed by atoms with van der Waals surface area (Å²) in [6.45, 7) is 1.32. The maximum Gasteiger partial charge on any atom is 0.261 e. The summed E-state index contributed by atoms with van der Waals surface area (Å²) in [7, 11) is -2.44. The van der Waals surface area contributed by atoms with E-state index in [-0.39, 0.29) is 22.8 Å². The molecule has 0 spiro atoms. The Balaban J connectivity index is 1.87. The lowest BCUT2D eigenvalue weighted by Gasteiger charge is -2.22. The van der Waals surface area contributed by atoms with E-state index in [2.05, 4.69) is 4.72 Å². The van der Waals surface area contributed by atoms with Gasteiger partial charge in [0.25, 0.3) is 15.9 Å². The first kappa shape index (κ1) is 21.7. The molecule has 0 atom stereocenters.